The van der Waals surface area contributed by atoms with Gasteiger partial charge < -0.3 is 49.1 Å². The van der Waals surface area contributed by atoms with Crippen LogP contribution >= 0.6 is 0 Å². The number of Topliss-reactive ketones (excluding diaryl/α,β-unsaturated/α-hetero) is 1. The molecule has 3 fully saturated rings. The molecule has 3 aromatic rings. The highest BCUT2D eigenvalue weighted by Gasteiger charge is 2.78. The molecule has 85 heavy (non-hydrogen) atoms. The second-order valence-electron chi connectivity index (χ2n) is 24.5. The van der Waals surface area contributed by atoms with Crippen LogP contribution in [0.15, 0.2) is 102 Å². The van der Waals surface area contributed by atoms with Crippen molar-refractivity contribution in [1.29, 1.82) is 0 Å². The smallest absolute Gasteiger partial charge is 0.350 e. The van der Waals surface area contributed by atoms with Crippen molar-refractivity contribution in [2.45, 2.75) is 218 Å². The Hall–Kier alpha value is -6.76. The Labute approximate surface area is 499 Å². The van der Waals surface area contributed by atoms with Gasteiger partial charge in [-0.15, -0.1) is 0 Å². The Balaban J connectivity index is 1.27. The van der Waals surface area contributed by atoms with E-state index >= 15 is 9.59 Å². The number of ketones is 1. The van der Waals surface area contributed by atoms with E-state index in [0.717, 1.165) is 46.0 Å². The third-order valence-electron chi connectivity index (χ3n) is 18.4. The van der Waals surface area contributed by atoms with Crippen molar-refractivity contribution in [2.75, 3.05) is 6.61 Å². The third kappa shape index (κ3) is 14.9. The summed E-state index contributed by atoms with van der Waals surface area (Å²) in [6.45, 7) is 10.1. The van der Waals surface area contributed by atoms with Crippen molar-refractivity contribution in [1.82, 2.24) is 5.32 Å². The zero-order valence-corrected chi connectivity index (χ0v) is 50.3. The molecule has 0 spiro atoms. The maximum Gasteiger partial charge on any atom is 0.350 e. The molecule has 1 saturated heterocycles. The van der Waals surface area contributed by atoms with E-state index < -0.39 is 137 Å². The van der Waals surface area contributed by atoms with Gasteiger partial charge in [0.15, 0.2) is 17.5 Å². The number of hydrogen-bond acceptors (Lipinski definition) is 16. The first kappa shape index (κ1) is 65.8. The van der Waals surface area contributed by atoms with E-state index in [1.807, 2.05) is 0 Å². The molecule has 1 heterocycles. The highest BCUT2D eigenvalue weighted by molar-refractivity contribution is 5.96. The zero-order chi connectivity index (χ0) is 61.7. The summed E-state index contributed by atoms with van der Waals surface area (Å²) in [7, 11) is 0. The van der Waals surface area contributed by atoms with E-state index in [1.54, 1.807) is 92.7 Å². The molecular formula is C67H87NO17. The summed E-state index contributed by atoms with van der Waals surface area (Å²) in [4.78, 5) is 114. The fraction of sp³-hybridized carbons (Fsp3) is 0.582. The fourth-order valence-electron chi connectivity index (χ4n) is 13.7. The molecule has 1 amide bonds. The maximum atomic E-state index is 15.9. The molecule has 462 valence electrons. The molecule has 2 saturated carbocycles. The topological polar surface area (TPSA) is 265 Å². The summed E-state index contributed by atoms with van der Waals surface area (Å²) in [5.41, 5.74) is -7.66. The van der Waals surface area contributed by atoms with Gasteiger partial charge in [0.25, 0.3) is 5.91 Å². The number of unbranched alkanes of at least 4 members (excludes halogenated alkanes) is 12. The molecule has 0 aromatic heterocycles. The molecule has 0 radical (unpaired) electrons. The van der Waals surface area contributed by atoms with Gasteiger partial charge in [0.05, 0.1) is 29.6 Å². The van der Waals surface area contributed by atoms with Crippen LogP contribution in [-0.2, 0) is 57.2 Å². The number of carboxylic acids is 1. The number of carboxylic acid groups (broad SMARTS) is 1. The first-order valence-electron chi connectivity index (χ1n) is 30.4. The number of aliphatic carboxylic acids is 1. The summed E-state index contributed by atoms with van der Waals surface area (Å²) in [6.07, 6.45) is 3.07. The number of amides is 1. The number of esters is 5. The quantitative estimate of drug-likeness (QED) is 0.0218. The van der Waals surface area contributed by atoms with Crippen LogP contribution in [0, 0.1) is 22.7 Å². The van der Waals surface area contributed by atoms with Gasteiger partial charge in [0.2, 0.25) is 6.10 Å². The van der Waals surface area contributed by atoms with Gasteiger partial charge >= 0.3 is 35.8 Å². The van der Waals surface area contributed by atoms with Crippen LogP contribution in [0.3, 0.4) is 0 Å². The Bertz CT molecular complexity index is 2860. The van der Waals surface area contributed by atoms with Crippen molar-refractivity contribution >= 4 is 47.5 Å². The molecule has 2 bridgehead atoms. The van der Waals surface area contributed by atoms with Crippen LogP contribution in [0.4, 0.5) is 0 Å². The number of fused-ring (bicyclic) bond motifs is 5. The van der Waals surface area contributed by atoms with E-state index in [9.17, 15) is 44.1 Å². The lowest BCUT2D eigenvalue weighted by molar-refractivity contribution is -0.346. The van der Waals surface area contributed by atoms with E-state index in [0.29, 0.717) is 18.4 Å². The number of hydrogen-bond donors (Lipinski definition) is 4. The van der Waals surface area contributed by atoms with Gasteiger partial charge in [-0.25, -0.2) is 9.59 Å². The fourth-order valence-corrected chi connectivity index (χ4v) is 13.7. The number of aliphatic hydroxyl groups is 2. The summed E-state index contributed by atoms with van der Waals surface area (Å²) in [5, 5.41) is 39.3. The summed E-state index contributed by atoms with van der Waals surface area (Å²) < 4.78 is 37.3. The van der Waals surface area contributed by atoms with Gasteiger partial charge in [-0.2, -0.15) is 0 Å². The number of benzene rings is 3. The molecule has 4 aliphatic rings. The minimum atomic E-state index is -2.50. The molecule has 18 heteroatoms. The highest BCUT2D eigenvalue weighted by Crippen LogP contribution is 2.64. The molecule has 3 aliphatic carbocycles. The van der Waals surface area contributed by atoms with Crippen molar-refractivity contribution < 1.29 is 82.1 Å². The normalized spacial score (nSPS) is 26.7. The third-order valence-corrected chi connectivity index (χ3v) is 18.4. The predicted molar refractivity (Wildman–Crippen MR) is 312 cm³/mol. The van der Waals surface area contributed by atoms with Crippen molar-refractivity contribution in [3.05, 3.63) is 119 Å². The molecule has 3 aromatic carbocycles. The molecular weight excluding hydrogens is 1090 g/mol. The average molecular weight is 1180 g/mol. The van der Waals surface area contributed by atoms with E-state index in [1.165, 1.54) is 70.9 Å². The molecule has 18 nitrogen and oxygen atoms in total. The average Bonchev–Trinajstić information content (AvgIpc) is 0.685. The van der Waals surface area contributed by atoms with E-state index in [2.05, 4.69) is 12.2 Å². The van der Waals surface area contributed by atoms with Crippen LogP contribution in [0.25, 0.3) is 0 Å². The van der Waals surface area contributed by atoms with Crippen LogP contribution in [0.2, 0.25) is 0 Å². The second-order valence-corrected chi connectivity index (χ2v) is 24.5. The molecule has 4 N–H and O–H groups in total. The largest absolute Gasteiger partial charge is 0.481 e. The van der Waals surface area contributed by atoms with Crippen LogP contribution < -0.4 is 5.32 Å². The van der Waals surface area contributed by atoms with Crippen molar-refractivity contribution in [3.8, 4) is 0 Å². The summed E-state index contributed by atoms with van der Waals surface area (Å²) in [6, 6.07) is 22.7. The number of carbonyl (C=O) groups excluding carboxylic acids is 7. The van der Waals surface area contributed by atoms with Gasteiger partial charge in [0, 0.05) is 50.5 Å². The van der Waals surface area contributed by atoms with Crippen LogP contribution in [-0.4, -0.2) is 117 Å². The lowest BCUT2D eigenvalue weighted by Crippen LogP contribution is -2.82. The highest BCUT2D eigenvalue weighted by atomic mass is 16.6. The number of aliphatic hydroxyl groups excluding tert-OH is 1. The van der Waals surface area contributed by atoms with Crippen molar-refractivity contribution in [2.24, 2.45) is 22.7 Å². The predicted octanol–water partition coefficient (Wildman–Crippen LogP) is 10.2. The molecule has 1 aliphatic heterocycles. The van der Waals surface area contributed by atoms with Gasteiger partial charge in [-0.1, -0.05) is 171 Å². The first-order chi connectivity index (χ1) is 40.5. The maximum absolute atomic E-state index is 15.9. The second kappa shape index (κ2) is 29.1. The number of nitrogens with one attached hydrogen (secondary N) is 1. The first-order valence-corrected chi connectivity index (χ1v) is 30.4. The Morgan fingerprint density at radius 2 is 1.27 bits per heavy atom. The van der Waals surface area contributed by atoms with Crippen molar-refractivity contribution in [3.63, 3.8) is 0 Å². The van der Waals surface area contributed by atoms with E-state index in [4.69, 9.17) is 28.4 Å². The SMILES string of the molecule is CCCCCCCCCCCCCCCC(CC(=O)O)CC(=O)O[C@@H](C(=O)OC1C[C@@]2(O)[C@@H](OC(=O)c3ccccc3)C3[C@](C)(C(=O)[C@H](OC(C)=O)C(=C1C)C2(C)C)[C@@H](O)C[C@H]1OC[C@@]31OC(C)=O)C(NC(=O)c1ccccc1)c1ccccc1. The van der Waals surface area contributed by atoms with Gasteiger partial charge in [0.1, 0.15) is 30.0 Å². The Kier molecular flexibility index (Phi) is 22.5. The Morgan fingerprint density at radius 1 is 0.718 bits per heavy atom. The molecule has 7 rings (SSSR count). The lowest BCUT2D eigenvalue weighted by Gasteiger charge is -2.67. The molecule has 12 atom stereocenters. The van der Waals surface area contributed by atoms with Crippen LogP contribution in [0.5, 0.6) is 0 Å². The van der Waals surface area contributed by atoms with Gasteiger partial charge in [-0.3, -0.25) is 28.8 Å². The molecule has 4 unspecified atom stereocenters. The summed E-state index contributed by atoms with van der Waals surface area (Å²) in [5.74, 6) is -9.94. The number of carbonyl (C=O) groups is 8. The number of rotatable bonds is 29. The Morgan fingerprint density at radius 3 is 1.80 bits per heavy atom. The number of ether oxygens (including phenoxy) is 6. The minimum Gasteiger partial charge on any atom is -0.481 e. The van der Waals surface area contributed by atoms with Crippen LogP contribution in [0.1, 0.15) is 196 Å². The zero-order valence-electron chi connectivity index (χ0n) is 50.3. The standard InChI is InChI=1S/C67H87NO17/c1-8-9-10-11-12-13-14-15-16-17-18-19-23-30-45(37-52(72)73)38-53(74)83-57(55(46-31-24-20-25-32-46)68-61(76)47-33-26-21-27-34-47)63(78)82-49-40-67(79)60(84-62(77)48-35-28-22-29-36-48)58-65(7,50(71)39-51-66(58,41-80-51)85-44(4)70)59(75)56(81-43(3)69)54(42(49)2)64(67,5)6/h20-22,24-29,31-36,45,49-51,55-58,60,71,79H,8-19,23,30,37-41H2,1-7H3,(H,68,76)(H,72,73)/t45?,49?,50-,51+,55?,56+,57+,58?,60-,65+,66-,67+/m0/s1. The minimum absolute atomic E-state index is 0.0333. The lowest BCUT2D eigenvalue weighted by atomic mass is 9.44. The van der Waals surface area contributed by atoms with E-state index in [-0.39, 0.29) is 41.7 Å². The summed E-state index contributed by atoms with van der Waals surface area (Å²) >= 11 is 0. The monoisotopic (exact) mass is 1180 g/mol. The van der Waals surface area contributed by atoms with Gasteiger partial charge in [-0.05, 0) is 67.2 Å².